The van der Waals surface area contributed by atoms with Crippen LogP contribution in [0.2, 0.25) is 0 Å². The zero-order valence-corrected chi connectivity index (χ0v) is 13.1. The van der Waals surface area contributed by atoms with Crippen LogP contribution in [0.1, 0.15) is 26.3 Å². The zero-order chi connectivity index (χ0) is 14.8. The molecule has 0 bridgehead atoms. The summed E-state index contributed by atoms with van der Waals surface area (Å²) < 4.78 is 5.23. The Morgan fingerprint density at radius 3 is 2.75 bits per heavy atom. The molecule has 0 atom stereocenters. The van der Waals surface area contributed by atoms with E-state index in [0.717, 1.165) is 37.8 Å². The summed E-state index contributed by atoms with van der Waals surface area (Å²) in [7, 11) is 1.69. The molecule has 112 valence electrons. The maximum Gasteiger partial charge on any atom is 0.191 e. The van der Waals surface area contributed by atoms with E-state index >= 15 is 0 Å². The number of methoxy groups -OCH3 is 1. The van der Waals surface area contributed by atoms with Gasteiger partial charge in [0.15, 0.2) is 5.96 Å². The number of ether oxygens (including phenoxy) is 1. The van der Waals surface area contributed by atoms with E-state index in [1.807, 2.05) is 12.1 Å². The molecule has 0 saturated carbocycles. The molecule has 1 aromatic carbocycles. The van der Waals surface area contributed by atoms with E-state index in [9.17, 15) is 0 Å². The molecule has 0 aromatic heterocycles. The van der Waals surface area contributed by atoms with Crippen LogP contribution in [0, 0.1) is 5.92 Å². The summed E-state index contributed by atoms with van der Waals surface area (Å²) in [6.07, 6.45) is 0.948. The van der Waals surface area contributed by atoms with Crippen molar-refractivity contribution in [1.29, 1.82) is 0 Å². The smallest absolute Gasteiger partial charge is 0.191 e. The van der Waals surface area contributed by atoms with Crippen molar-refractivity contribution < 1.29 is 4.74 Å². The SMILES string of the molecule is CCNC(=NCC(C)C)NCCc1cccc(OC)c1. The summed E-state index contributed by atoms with van der Waals surface area (Å²) in [5.74, 6) is 2.37. The fourth-order valence-electron chi connectivity index (χ4n) is 1.77. The van der Waals surface area contributed by atoms with E-state index in [0.29, 0.717) is 5.92 Å². The third-order valence-corrected chi connectivity index (χ3v) is 2.80. The van der Waals surface area contributed by atoms with E-state index in [1.165, 1.54) is 5.56 Å². The van der Waals surface area contributed by atoms with Crippen LogP contribution in [0.4, 0.5) is 0 Å². The lowest BCUT2D eigenvalue weighted by atomic mass is 10.1. The Bertz CT molecular complexity index is 416. The zero-order valence-electron chi connectivity index (χ0n) is 13.1. The molecule has 0 fully saturated rings. The first-order valence-corrected chi connectivity index (χ1v) is 7.30. The second-order valence-electron chi connectivity index (χ2n) is 5.14. The molecule has 4 heteroatoms. The number of aliphatic imine (C=N–C) groups is 1. The molecule has 0 saturated heterocycles. The third-order valence-electron chi connectivity index (χ3n) is 2.80. The average molecular weight is 277 g/mol. The van der Waals surface area contributed by atoms with Gasteiger partial charge in [0.25, 0.3) is 0 Å². The summed E-state index contributed by atoms with van der Waals surface area (Å²) in [5.41, 5.74) is 1.26. The van der Waals surface area contributed by atoms with Gasteiger partial charge in [-0.25, -0.2) is 0 Å². The number of guanidine groups is 1. The minimum absolute atomic E-state index is 0.573. The van der Waals surface area contributed by atoms with Crippen LogP contribution < -0.4 is 15.4 Å². The largest absolute Gasteiger partial charge is 0.497 e. The normalized spacial score (nSPS) is 11.6. The van der Waals surface area contributed by atoms with E-state index in [4.69, 9.17) is 4.74 Å². The minimum atomic E-state index is 0.573. The number of benzene rings is 1. The first kappa shape index (κ1) is 16.3. The van der Waals surface area contributed by atoms with E-state index in [2.05, 4.69) is 48.5 Å². The molecular weight excluding hydrogens is 250 g/mol. The molecule has 0 radical (unpaired) electrons. The Hall–Kier alpha value is -1.71. The summed E-state index contributed by atoms with van der Waals surface area (Å²) in [5, 5.41) is 6.62. The third kappa shape index (κ3) is 6.45. The van der Waals surface area contributed by atoms with Crippen molar-refractivity contribution in [2.75, 3.05) is 26.7 Å². The highest BCUT2D eigenvalue weighted by atomic mass is 16.5. The molecule has 0 spiro atoms. The monoisotopic (exact) mass is 277 g/mol. The summed E-state index contributed by atoms with van der Waals surface area (Å²) in [4.78, 5) is 4.55. The topological polar surface area (TPSA) is 45.7 Å². The van der Waals surface area contributed by atoms with Crippen molar-refractivity contribution in [1.82, 2.24) is 10.6 Å². The summed E-state index contributed by atoms with van der Waals surface area (Å²) >= 11 is 0. The van der Waals surface area contributed by atoms with Crippen LogP contribution in [0.15, 0.2) is 29.3 Å². The van der Waals surface area contributed by atoms with Gasteiger partial charge in [-0.2, -0.15) is 0 Å². The maximum absolute atomic E-state index is 5.23. The fourth-order valence-corrected chi connectivity index (χ4v) is 1.77. The van der Waals surface area contributed by atoms with Gasteiger partial charge < -0.3 is 15.4 Å². The van der Waals surface area contributed by atoms with Crippen molar-refractivity contribution in [3.63, 3.8) is 0 Å². The Morgan fingerprint density at radius 1 is 1.30 bits per heavy atom. The number of rotatable bonds is 7. The molecular formula is C16H27N3O. The van der Waals surface area contributed by atoms with Crippen LogP contribution in [0.3, 0.4) is 0 Å². The first-order valence-electron chi connectivity index (χ1n) is 7.30. The van der Waals surface area contributed by atoms with Crippen LogP contribution in [0.25, 0.3) is 0 Å². The standard InChI is InChI=1S/C16H27N3O/c1-5-17-16(19-12-13(2)3)18-10-9-14-7-6-8-15(11-14)20-4/h6-8,11,13H,5,9-10,12H2,1-4H3,(H2,17,18,19). The number of hydrogen-bond donors (Lipinski definition) is 2. The molecule has 1 aromatic rings. The Balaban J connectivity index is 2.44. The Labute approximate surface area is 122 Å². The lowest BCUT2D eigenvalue weighted by molar-refractivity contribution is 0.414. The van der Waals surface area contributed by atoms with Crippen molar-refractivity contribution in [3.8, 4) is 5.75 Å². The van der Waals surface area contributed by atoms with Crippen LogP contribution in [0.5, 0.6) is 5.75 Å². The van der Waals surface area contributed by atoms with Gasteiger partial charge in [-0.1, -0.05) is 26.0 Å². The summed E-state index contributed by atoms with van der Waals surface area (Å²) in [6, 6.07) is 8.17. The lowest BCUT2D eigenvalue weighted by Gasteiger charge is -2.12. The highest BCUT2D eigenvalue weighted by Crippen LogP contribution is 2.12. The van der Waals surface area contributed by atoms with Gasteiger partial charge in [0.2, 0.25) is 0 Å². The van der Waals surface area contributed by atoms with Crippen LogP contribution in [-0.2, 0) is 6.42 Å². The lowest BCUT2D eigenvalue weighted by Crippen LogP contribution is -2.38. The average Bonchev–Trinajstić information content (AvgIpc) is 2.45. The molecule has 4 nitrogen and oxygen atoms in total. The second kappa shape index (κ2) is 9.23. The molecule has 0 aliphatic carbocycles. The molecule has 1 rings (SSSR count). The Kier molecular flexibility index (Phi) is 7.55. The quantitative estimate of drug-likeness (QED) is 0.594. The molecule has 0 unspecified atom stereocenters. The Morgan fingerprint density at radius 2 is 2.10 bits per heavy atom. The van der Waals surface area contributed by atoms with E-state index in [1.54, 1.807) is 7.11 Å². The second-order valence-corrected chi connectivity index (χ2v) is 5.14. The van der Waals surface area contributed by atoms with Gasteiger partial charge >= 0.3 is 0 Å². The van der Waals surface area contributed by atoms with E-state index < -0.39 is 0 Å². The fraction of sp³-hybridized carbons (Fsp3) is 0.562. The highest BCUT2D eigenvalue weighted by molar-refractivity contribution is 5.79. The number of hydrogen-bond acceptors (Lipinski definition) is 2. The molecule has 20 heavy (non-hydrogen) atoms. The highest BCUT2D eigenvalue weighted by Gasteiger charge is 2.00. The van der Waals surface area contributed by atoms with Gasteiger partial charge in [0.05, 0.1) is 7.11 Å². The van der Waals surface area contributed by atoms with Gasteiger partial charge in [-0.3, -0.25) is 4.99 Å². The van der Waals surface area contributed by atoms with Gasteiger partial charge in [-0.05, 0) is 37.0 Å². The van der Waals surface area contributed by atoms with Crippen molar-refractivity contribution in [2.45, 2.75) is 27.2 Å². The minimum Gasteiger partial charge on any atom is -0.497 e. The molecule has 0 heterocycles. The van der Waals surface area contributed by atoms with Crippen molar-refractivity contribution in [2.24, 2.45) is 10.9 Å². The van der Waals surface area contributed by atoms with Gasteiger partial charge in [-0.15, -0.1) is 0 Å². The molecule has 0 amide bonds. The summed E-state index contributed by atoms with van der Waals surface area (Å²) in [6.45, 7) is 9.00. The molecule has 0 aliphatic rings. The van der Waals surface area contributed by atoms with Crippen LogP contribution in [-0.4, -0.2) is 32.7 Å². The maximum atomic E-state index is 5.23. The molecule has 0 aliphatic heterocycles. The first-order chi connectivity index (χ1) is 9.65. The van der Waals surface area contributed by atoms with Crippen LogP contribution >= 0.6 is 0 Å². The predicted octanol–water partition coefficient (Wildman–Crippen LogP) is 2.45. The molecule has 2 N–H and O–H groups in total. The van der Waals surface area contributed by atoms with Crippen molar-refractivity contribution >= 4 is 5.96 Å². The number of nitrogens with one attached hydrogen (secondary N) is 2. The van der Waals surface area contributed by atoms with E-state index in [-0.39, 0.29) is 0 Å². The number of nitrogens with zero attached hydrogens (tertiary/aromatic N) is 1. The predicted molar refractivity (Wildman–Crippen MR) is 85.5 cm³/mol. The van der Waals surface area contributed by atoms with Crippen molar-refractivity contribution in [3.05, 3.63) is 29.8 Å². The van der Waals surface area contributed by atoms with Gasteiger partial charge in [0, 0.05) is 19.6 Å². The van der Waals surface area contributed by atoms with Gasteiger partial charge in [0.1, 0.15) is 5.75 Å².